The van der Waals surface area contributed by atoms with Gasteiger partial charge in [0.15, 0.2) is 5.88 Å². The van der Waals surface area contributed by atoms with Crippen LogP contribution in [0.5, 0.6) is 0 Å². The largest absolute Gasteiger partial charge is 0.440 e. The molecule has 0 unspecified atom stereocenters. The Balaban J connectivity index is 1.58. The lowest BCUT2D eigenvalue weighted by atomic mass is 10.1. The average Bonchev–Trinajstić information content (AvgIpc) is 3.18. The molecule has 1 aliphatic rings. The molecule has 1 aliphatic heterocycles. The van der Waals surface area contributed by atoms with Gasteiger partial charge in [-0.3, -0.25) is 0 Å². The van der Waals surface area contributed by atoms with Crippen LogP contribution in [0.2, 0.25) is 0 Å². The fourth-order valence-electron chi connectivity index (χ4n) is 3.09. The number of aryl methyl sites for hydroxylation is 1. The minimum Gasteiger partial charge on any atom is -0.440 e. The third-order valence-electron chi connectivity index (χ3n) is 4.28. The molecule has 0 radical (unpaired) electrons. The Morgan fingerprint density at radius 1 is 1.09 bits per heavy atom. The van der Waals surface area contributed by atoms with E-state index in [0.29, 0.717) is 0 Å². The molecule has 0 spiro atoms. The van der Waals surface area contributed by atoms with Crippen LogP contribution < -0.4 is 4.90 Å². The van der Waals surface area contributed by atoms with Crippen LogP contribution in [0.1, 0.15) is 30.8 Å². The van der Waals surface area contributed by atoms with Gasteiger partial charge in [-0.1, -0.05) is 12.1 Å². The number of hydrogen-bond donors (Lipinski definition) is 0. The zero-order chi connectivity index (χ0) is 15.6. The summed E-state index contributed by atoms with van der Waals surface area (Å²) in [5, 5.41) is 4.54. The van der Waals surface area contributed by atoms with Crippen molar-refractivity contribution in [3.63, 3.8) is 0 Å². The lowest BCUT2D eigenvalue weighted by Crippen LogP contribution is -2.28. The summed E-state index contributed by atoms with van der Waals surface area (Å²) in [7, 11) is 0. The standard InChI is InChI=1S/C18H20N4O/c1-14-20-16-7-3-4-8-17(16)22(14)19-13-15-9-10-18(23-15)21-11-5-2-6-12-21/h3-4,7-10,13H,2,5-6,11-12H2,1H3. The Hall–Kier alpha value is -2.56. The zero-order valence-corrected chi connectivity index (χ0v) is 13.3. The van der Waals surface area contributed by atoms with Crippen molar-refractivity contribution in [1.82, 2.24) is 9.66 Å². The van der Waals surface area contributed by atoms with Gasteiger partial charge in [0.05, 0.1) is 17.2 Å². The van der Waals surface area contributed by atoms with E-state index in [1.165, 1.54) is 19.3 Å². The van der Waals surface area contributed by atoms with E-state index in [2.05, 4.69) is 15.0 Å². The van der Waals surface area contributed by atoms with E-state index in [4.69, 9.17) is 4.42 Å². The minimum atomic E-state index is 0.766. The van der Waals surface area contributed by atoms with E-state index in [0.717, 1.165) is 41.6 Å². The topological polar surface area (TPSA) is 46.6 Å². The van der Waals surface area contributed by atoms with Gasteiger partial charge in [-0.05, 0) is 44.4 Å². The van der Waals surface area contributed by atoms with Gasteiger partial charge in [0.2, 0.25) is 0 Å². The molecule has 4 rings (SSSR count). The number of piperidine rings is 1. The molecule has 0 saturated carbocycles. The third-order valence-corrected chi connectivity index (χ3v) is 4.28. The number of benzene rings is 1. The summed E-state index contributed by atoms with van der Waals surface area (Å²) in [6.07, 6.45) is 5.56. The molecule has 3 aromatic rings. The van der Waals surface area contributed by atoms with Crippen molar-refractivity contribution in [2.45, 2.75) is 26.2 Å². The molecule has 1 fully saturated rings. The first-order valence-corrected chi connectivity index (χ1v) is 8.14. The van der Waals surface area contributed by atoms with E-state index in [1.54, 1.807) is 6.21 Å². The van der Waals surface area contributed by atoms with Crippen molar-refractivity contribution in [2.75, 3.05) is 18.0 Å². The SMILES string of the molecule is Cc1nc2ccccc2n1N=Cc1ccc(N2CCCCC2)o1. The molecular weight excluding hydrogens is 288 g/mol. The van der Waals surface area contributed by atoms with Gasteiger partial charge < -0.3 is 9.32 Å². The second kappa shape index (κ2) is 5.91. The average molecular weight is 308 g/mol. The van der Waals surface area contributed by atoms with Crippen LogP contribution >= 0.6 is 0 Å². The number of imidazole rings is 1. The van der Waals surface area contributed by atoms with Gasteiger partial charge in [0, 0.05) is 19.2 Å². The van der Waals surface area contributed by atoms with Crippen LogP contribution in [-0.2, 0) is 0 Å². The molecule has 1 saturated heterocycles. The number of anilines is 1. The van der Waals surface area contributed by atoms with Crippen LogP contribution in [0, 0.1) is 6.92 Å². The monoisotopic (exact) mass is 308 g/mol. The normalized spacial score (nSPS) is 15.8. The fraction of sp³-hybridized carbons (Fsp3) is 0.333. The fourth-order valence-corrected chi connectivity index (χ4v) is 3.09. The van der Waals surface area contributed by atoms with E-state index in [-0.39, 0.29) is 0 Å². The molecular formula is C18H20N4O. The minimum absolute atomic E-state index is 0.766. The molecule has 2 aromatic heterocycles. The molecule has 118 valence electrons. The molecule has 5 heteroatoms. The predicted molar refractivity (Wildman–Crippen MR) is 92.2 cm³/mol. The maximum Gasteiger partial charge on any atom is 0.196 e. The second-order valence-corrected chi connectivity index (χ2v) is 5.93. The van der Waals surface area contributed by atoms with Gasteiger partial charge in [0.1, 0.15) is 11.6 Å². The highest BCUT2D eigenvalue weighted by atomic mass is 16.4. The first kappa shape index (κ1) is 14.1. The first-order chi connectivity index (χ1) is 11.3. The molecule has 3 heterocycles. The summed E-state index contributed by atoms with van der Waals surface area (Å²) >= 11 is 0. The zero-order valence-electron chi connectivity index (χ0n) is 13.3. The van der Waals surface area contributed by atoms with E-state index in [1.807, 2.05) is 48.0 Å². The molecule has 5 nitrogen and oxygen atoms in total. The highest BCUT2D eigenvalue weighted by molar-refractivity contribution is 5.79. The number of fused-ring (bicyclic) bond motifs is 1. The van der Waals surface area contributed by atoms with Crippen molar-refractivity contribution in [3.05, 3.63) is 48.0 Å². The Morgan fingerprint density at radius 3 is 2.78 bits per heavy atom. The maximum absolute atomic E-state index is 5.92. The molecule has 0 amide bonds. The molecule has 0 aliphatic carbocycles. The van der Waals surface area contributed by atoms with E-state index >= 15 is 0 Å². The van der Waals surface area contributed by atoms with Crippen molar-refractivity contribution in [2.24, 2.45) is 5.10 Å². The van der Waals surface area contributed by atoms with Crippen molar-refractivity contribution >= 4 is 23.1 Å². The van der Waals surface area contributed by atoms with Gasteiger partial charge >= 0.3 is 0 Å². The van der Waals surface area contributed by atoms with Crippen molar-refractivity contribution in [1.29, 1.82) is 0 Å². The van der Waals surface area contributed by atoms with Gasteiger partial charge in [0.25, 0.3) is 0 Å². The molecule has 0 bridgehead atoms. The van der Waals surface area contributed by atoms with Crippen LogP contribution in [-0.4, -0.2) is 29.0 Å². The van der Waals surface area contributed by atoms with Gasteiger partial charge in [-0.15, -0.1) is 0 Å². The quantitative estimate of drug-likeness (QED) is 0.691. The summed E-state index contributed by atoms with van der Waals surface area (Å²) in [5.74, 6) is 2.58. The summed E-state index contributed by atoms with van der Waals surface area (Å²) in [6.45, 7) is 4.11. The Kier molecular flexibility index (Phi) is 3.61. The molecule has 1 aromatic carbocycles. The highest BCUT2D eigenvalue weighted by Gasteiger charge is 2.14. The number of para-hydroxylation sites is 2. The highest BCUT2D eigenvalue weighted by Crippen LogP contribution is 2.22. The molecule has 23 heavy (non-hydrogen) atoms. The predicted octanol–water partition coefficient (Wildman–Crippen LogP) is 3.81. The summed E-state index contributed by atoms with van der Waals surface area (Å²) < 4.78 is 7.76. The first-order valence-electron chi connectivity index (χ1n) is 8.14. The summed E-state index contributed by atoms with van der Waals surface area (Å²) in [6, 6.07) is 12.0. The number of aromatic nitrogens is 2. The lowest BCUT2D eigenvalue weighted by Gasteiger charge is -2.25. The smallest absolute Gasteiger partial charge is 0.196 e. The molecule has 0 N–H and O–H groups in total. The lowest BCUT2D eigenvalue weighted by molar-refractivity contribution is 0.497. The summed E-state index contributed by atoms with van der Waals surface area (Å²) in [5.41, 5.74) is 1.96. The molecule has 0 atom stereocenters. The third kappa shape index (κ3) is 2.74. The van der Waals surface area contributed by atoms with Crippen LogP contribution in [0.3, 0.4) is 0 Å². The maximum atomic E-state index is 5.92. The second-order valence-electron chi connectivity index (χ2n) is 5.93. The van der Waals surface area contributed by atoms with Gasteiger partial charge in [-0.25, -0.2) is 9.66 Å². The Morgan fingerprint density at radius 2 is 1.91 bits per heavy atom. The van der Waals surface area contributed by atoms with Crippen LogP contribution in [0.4, 0.5) is 5.88 Å². The Labute approximate surface area is 135 Å². The summed E-state index contributed by atoms with van der Waals surface area (Å²) in [4.78, 5) is 6.82. The van der Waals surface area contributed by atoms with Crippen molar-refractivity contribution in [3.8, 4) is 0 Å². The number of rotatable bonds is 3. The number of nitrogens with zero attached hydrogens (tertiary/aromatic N) is 4. The number of furan rings is 1. The van der Waals surface area contributed by atoms with Gasteiger partial charge in [-0.2, -0.15) is 5.10 Å². The van der Waals surface area contributed by atoms with Crippen LogP contribution in [0.15, 0.2) is 45.9 Å². The number of hydrogen-bond acceptors (Lipinski definition) is 4. The van der Waals surface area contributed by atoms with E-state index in [9.17, 15) is 0 Å². The van der Waals surface area contributed by atoms with Crippen molar-refractivity contribution < 1.29 is 4.42 Å². The Bertz CT molecular complexity index is 840. The van der Waals surface area contributed by atoms with Crippen LogP contribution in [0.25, 0.3) is 11.0 Å². The van der Waals surface area contributed by atoms with E-state index < -0.39 is 0 Å².